The van der Waals surface area contributed by atoms with Crippen LogP contribution in [0.3, 0.4) is 0 Å². The summed E-state index contributed by atoms with van der Waals surface area (Å²) in [6, 6.07) is 0. The minimum absolute atomic E-state index is 0.0579. The van der Waals surface area contributed by atoms with Crippen LogP contribution >= 0.6 is 0 Å². The summed E-state index contributed by atoms with van der Waals surface area (Å²) in [6.45, 7) is 1.80. The molecule has 0 fully saturated rings. The first kappa shape index (κ1) is 11.2. The van der Waals surface area contributed by atoms with Crippen LogP contribution in [0.25, 0.3) is 0 Å². The van der Waals surface area contributed by atoms with Gasteiger partial charge >= 0.3 is 0 Å². The van der Waals surface area contributed by atoms with Crippen molar-refractivity contribution in [3.05, 3.63) is 12.4 Å². The van der Waals surface area contributed by atoms with Gasteiger partial charge < -0.3 is 10.7 Å². The number of carbonyl (C=O) groups is 2. The quantitative estimate of drug-likeness (QED) is 0.649. The molecule has 0 aliphatic carbocycles. The second-order valence-electron chi connectivity index (χ2n) is 3.47. The first-order chi connectivity index (χ1) is 7.08. The smallest absolute Gasteiger partial charge is 0.226 e. The van der Waals surface area contributed by atoms with Crippen molar-refractivity contribution in [2.45, 2.75) is 19.8 Å². The molecule has 82 valence electrons. The number of imidazole rings is 1. The number of amides is 2. The van der Waals surface area contributed by atoms with Gasteiger partial charge in [0, 0.05) is 25.2 Å². The molecule has 15 heavy (non-hydrogen) atoms. The molecule has 0 saturated heterocycles. The Morgan fingerprint density at radius 2 is 2.33 bits per heavy atom. The number of aromatic nitrogens is 2. The lowest BCUT2D eigenvalue weighted by Crippen LogP contribution is -2.20. The Labute approximate surface area is 87.3 Å². The summed E-state index contributed by atoms with van der Waals surface area (Å²) in [4.78, 5) is 28.6. The lowest BCUT2D eigenvalue weighted by molar-refractivity contribution is -0.119. The monoisotopic (exact) mass is 210 g/mol. The molecule has 0 aromatic carbocycles. The van der Waals surface area contributed by atoms with Crippen LogP contribution in [0.2, 0.25) is 0 Å². The second-order valence-corrected chi connectivity index (χ2v) is 3.47. The minimum Gasteiger partial charge on any atom is -0.370 e. The summed E-state index contributed by atoms with van der Waals surface area (Å²) < 4.78 is 0. The SMILES string of the molecule is C[C@H](CC(N)=O)CC(=O)Nc1ncc[nH]1. The first-order valence-corrected chi connectivity index (χ1v) is 4.65. The zero-order chi connectivity index (χ0) is 11.3. The lowest BCUT2D eigenvalue weighted by atomic mass is 10.0. The molecular weight excluding hydrogens is 196 g/mol. The fraction of sp³-hybridized carbons (Fsp3) is 0.444. The molecule has 0 saturated carbocycles. The summed E-state index contributed by atoms with van der Waals surface area (Å²) >= 11 is 0. The fourth-order valence-electron chi connectivity index (χ4n) is 1.25. The number of nitrogens with zero attached hydrogens (tertiary/aromatic N) is 1. The molecule has 6 heteroatoms. The largest absolute Gasteiger partial charge is 0.370 e. The highest BCUT2D eigenvalue weighted by atomic mass is 16.2. The molecule has 4 N–H and O–H groups in total. The van der Waals surface area contributed by atoms with Gasteiger partial charge in [-0.1, -0.05) is 6.92 Å². The Balaban J connectivity index is 2.33. The van der Waals surface area contributed by atoms with Crippen LogP contribution < -0.4 is 11.1 Å². The third kappa shape index (κ3) is 4.26. The Hall–Kier alpha value is -1.85. The highest BCUT2D eigenvalue weighted by molar-refractivity contribution is 5.89. The van der Waals surface area contributed by atoms with E-state index in [1.165, 1.54) is 0 Å². The first-order valence-electron chi connectivity index (χ1n) is 4.65. The molecule has 1 aromatic heterocycles. The second kappa shape index (κ2) is 5.14. The predicted molar refractivity (Wildman–Crippen MR) is 54.8 cm³/mol. The van der Waals surface area contributed by atoms with Gasteiger partial charge in [-0.3, -0.25) is 14.9 Å². The molecule has 0 aliphatic rings. The highest BCUT2D eigenvalue weighted by Crippen LogP contribution is 2.08. The van der Waals surface area contributed by atoms with E-state index in [1.54, 1.807) is 19.3 Å². The molecule has 0 spiro atoms. The zero-order valence-electron chi connectivity index (χ0n) is 8.49. The molecule has 6 nitrogen and oxygen atoms in total. The van der Waals surface area contributed by atoms with Crippen LogP contribution in [0.1, 0.15) is 19.8 Å². The van der Waals surface area contributed by atoms with Gasteiger partial charge in [-0.2, -0.15) is 0 Å². The van der Waals surface area contributed by atoms with Crippen LogP contribution in [0.4, 0.5) is 5.95 Å². The summed E-state index contributed by atoms with van der Waals surface area (Å²) in [6.07, 6.45) is 3.63. The molecule has 0 aliphatic heterocycles. The fourth-order valence-corrected chi connectivity index (χ4v) is 1.25. The highest BCUT2D eigenvalue weighted by Gasteiger charge is 2.12. The Bertz CT molecular complexity index is 334. The normalized spacial score (nSPS) is 12.1. The number of carbonyl (C=O) groups excluding carboxylic acids is 2. The zero-order valence-corrected chi connectivity index (χ0v) is 8.49. The van der Waals surface area contributed by atoms with Crippen molar-refractivity contribution >= 4 is 17.8 Å². The molecule has 1 rings (SSSR count). The van der Waals surface area contributed by atoms with Crippen LogP contribution in [0.5, 0.6) is 0 Å². The maximum atomic E-state index is 11.4. The van der Waals surface area contributed by atoms with Crippen LogP contribution in [-0.2, 0) is 9.59 Å². The summed E-state index contributed by atoms with van der Waals surface area (Å²) in [5.74, 6) is -0.226. The minimum atomic E-state index is -0.395. The van der Waals surface area contributed by atoms with Crippen LogP contribution in [0.15, 0.2) is 12.4 Å². The van der Waals surface area contributed by atoms with E-state index in [-0.39, 0.29) is 24.7 Å². The van der Waals surface area contributed by atoms with E-state index < -0.39 is 5.91 Å². The van der Waals surface area contributed by atoms with E-state index in [0.717, 1.165) is 0 Å². The number of primary amides is 1. The van der Waals surface area contributed by atoms with Gasteiger partial charge in [-0.25, -0.2) is 4.98 Å². The Kier molecular flexibility index (Phi) is 3.84. The van der Waals surface area contributed by atoms with E-state index in [1.807, 2.05) is 0 Å². The molecule has 0 bridgehead atoms. The number of aromatic amines is 1. The van der Waals surface area contributed by atoms with Crippen molar-refractivity contribution in [2.24, 2.45) is 11.7 Å². The van der Waals surface area contributed by atoms with Crippen molar-refractivity contribution in [2.75, 3.05) is 5.32 Å². The maximum Gasteiger partial charge on any atom is 0.226 e. The molecule has 0 radical (unpaired) electrons. The van der Waals surface area contributed by atoms with E-state index in [2.05, 4.69) is 15.3 Å². The molecular formula is C9H14N4O2. The summed E-state index contributed by atoms with van der Waals surface area (Å²) in [5, 5.41) is 2.57. The molecule has 1 heterocycles. The van der Waals surface area contributed by atoms with Crippen molar-refractivity contribution in [3.63, 3.8) is 0 Å². The number of hydrogen-bond donors (Lipinski definition) is 3. The average molecular weight is 210 g/mol. The Morgan fingerprint density at radius 1 is 1.60 bits per heavy atom. The third-order valence-corrected chi connectivity index (χ3v) is 1.84. The van der Waals surface area contributed by atoms with Crippen molar-refractivity contribution < 1.29 is 9.59 Å². The van der Waals surface area contributed by atoms with Gasteiger partial charge in [0.1, 0.15) is 0 Å². The van der Waals surface area contributed by atoms with E-state index in [0.29, 0.717) is 5.95 Å². The summed E-state index contributed by atoms with van der Waals surface area (Å²) in [5.41, 5.74) is 5.02. The van der Waals surface area contributed by atoms with Crippen molar-refractivity contribution in [3.8, 4) is 0 Å². The van der Waals surface area contributed by atoms with Gasteiger partial charge in [0.15, 0.2) is 0 Å². The molecule has 0 unspecified atom stereocenters. The van der Waals surface area contributed by atoms with Crippen molar-refractivity contribution in [1.29, 1.82) is 0 Å². The third-order valence-electron chi connectivity index (χ3n) is 1.84. The number of nitrogens with one attached hydrogen (secondary N) is 2. The van der Waals surface area contributed by atoms with E-state index in [4.69, 9.17) is 5.73 Å². The van der Waals surface area contributed by atoms with Crippen molar-refractivity contribution in [1.82, 2.24) is 9.97 Å². The van der Waals surface area contributed by atoms with E-state index >= 15 is 0 Å². The van der Waals surface area contributed by atoms with Gasteiger partial charge in [0.25, 0.3) is 0 Å². The van der Waals surface area contributed by atoms with E-state index in [9.17, 15) is 9.59 Å². The standard InChI is InChI=1S/C9H14N4O2/c1-6(4-7(10)14)5-8(15)13-9-11-2-3-12-9/h2-3,6H,4-5H2,1H3,(H2,10,14)(H2,11,12,13,15)/t6-/m1/s1. The summed E-state index contributed by atoms with van der Waals surface area (Å²) in [7, 11) is 0. The molecule has 2 amide bonds. The topological polar surface area (TPSA) is 101 Å². The molecule has 1 aromatic rings. The van der Waals surface area contributed by atoms with Crippen LogP contribution in [-0.4, -0.2) is 21.8 Å². The average Bonchev–Trinajstić information content (AvgIpc) is 2.53. The van der Waals surface area contributed by atoms with Gasteiger partial charge in [0.05, 0.1) is 0 Å². The van der Waals surface area contributed by atoms with Gasteiger partial charge in [0.2, 0.25) is 17.8 Å². The van der Waals surface area contributed by atoms with Gasteiger partial charge in [-0.15, -0.1) is 0 Å². The number of hydrogen-bond acceptors (Lipinski definition) is 3. The maximum absolute atomic E-state index is 11.4. The van der Waals surface area contributed by atoms with Gasteiger partial charge in [-0.05, 0) is 5.92 Å². The molecule has 1 atom stereocenters. The lowest BCUT2D eigenvalue weighted by Gasteiger charge is -2.07. The number of nitrogens with two attached hydrogens (primary N) is 1. The number of rotatable bonds is 5. The number of H-pyrrole nitrogens is 1. The number of anilines is 1. The Morgan fingerprint density at radius 3 is 2.87 bits per heavy atom. The predicted octanol–water partition coefficient (Wildman–Crippen LogP) is 0.250. The van der Waals surface area contributed by atoms with Crippen LogP contribution in [0, 0.1) is 5.92 Å².